The van der Waals surface area contributed by atoms with Crippen molar-refractivity contribution < 1.29 is 8.42 Å². The van der Waals surface area contributed by atoms with Crippen LogP contribution in [0, 0.1) is 0 Å². The summed E-state index contributed by atoms with van der Waals surface area (Å²) >= 11 is 1.33. The molecule has 0 aromatic carbocycles. The number of thiophene rings is 1. The van der Waals surface area contributed by atoms with Crippen LogP contribution >= 0.6 is 11.3 Å². The maximum Gasteiger partial charge on any atom is 0.252 e. The molecule has 0 fully saturated rings. The molecule has 0 atom stereocenters. The first-order chi connectivity index (χ1) is 8.25. The van der Waals surface area contributed by atoms with Gasteiger partial charge in [0.15, 0.2) is 0 Å². The van der Waals surface area contributed by atoms with E-state index in [0.29, 0.717) is 10.8 Å². The predicted molar refractivity (Wildman–Crippen MR) is 76.4 cm³/mol. The average Bonchev–Trinajstić information content (AvgIpc) is 2.77. The smallest absolute Gasteiger partial charge is 0.252 e. The van der Waals surface area contributed by atoms with E-state index in [2.05, 4.69) is 5.32 Å². The van der Waals surface area contributed by atoms with Crippen LogP contribution in [-0.4, -0.2) is 32.4 Å². The molecule has 18 heavy (non-hydrogen) atoms. The maximum atomic E-state index is 12.5. The fraction of sp³-hybridized carbons (Fsp3) is 0.667. The van der Waals surface area contributed by atoms with Crippen LogP contribution < -0.4 is 5.32 Å². The summed E-state index contributed by atoms with van der Waals surface area (Å²) in [6.07, 6.45) is 0.775. The molecular weight excluding hydrogens is 268 g/mol. The number of nitrogens with one attached hydrogen (secondary N) is 1. The Hall–Kier alpha value is -0.430. The quantitative estimate of drug-likeness (QED) is 0.874. The van der Waals surface area contributed by atoms with Gasteiger partial charge in [0.1, 0.15) is 4.21 Å². The molecule has 1 heterocycles. The van der Waals surface area contributed by atoms with Gasteiger partial charge in [0.05, 0.1) is 0 Å². The first-order valence-corrected chi connectivity index (χ1v) is 8.23. The molecule has 1 rings (SSSR count). The average molecular weight is 290 g/mol. The summed E-state index contributed by atoms with van der Waals surface area (Å²) in [4.78, 5) is 1.03. The summed E-state index contributed by atoms with van der Waals surface area (Å²) in [5.41, 5.74) is -0.369. The van der Waals surface area contributed by atoms with E-state index in [0.717, 1.165) is 11.3 Å². The molecule has 0 aliphatic rings. The van der Waals surface area contributed by atoms with Crippen molar-refractivity contribution in [2.24, 2.45) is 0 Å². The van der Waals surface area contributed by atoms with E-state index in [1.165, 1.54) is 15.6 Å². The monoisotopic (exact) mass is 290 g/mol. The summed E-state index contributed by atoms with van der Waals surface area (Å²) in [5, 5.41) is 3.02. The van der Waals surface area contributed by atoms with Gasteiger partial charge in [0.2, 0.25) is 0 Å². The third-order valence-electron chi connectivity index (χ3n) is 3.32. The van der Waals surface area contributed by atoms with E-state index in [1.54, 1.807) is 13.1 Å². The summed E-state index contributed by atoms with van der Waals surface area (Å²) in [6, 6.07) is 3.55. The van der Waals surface area contributed by atoms with Crippen molar-refractivity contribution in [1.82, 2.24) is 9.62 Å². The van der Waals surface area contributed by atoms with Gasteiger partial charge in [0, 0.05) is 24.0 Å². The summed E-state index contributed by atoms with van der Waals surface area (Å²) in [6.45, 7) is 6.56. The highest BCUT2D eigenvalue weighted by Crippen LogP contribution is 2.29. The van der Waals surface area contributed by atoms with E-state index in [1.807, 2.05) is 33.9 Å². The van der Waals surface area contributed by atoms with Crippen molar-refractivity contribution in [2.45, 2.75) is 43.5 Å². The van der Waals surface area contributed by atoms with Crippen LogP contribution in [0.15, 0.2) is 16.3 Å². The third kappa shape index (κ3) is 3.12. The van der Waals surface area contributed by atoms with E-state index in [4.69, 9.17) is 0 Å². The molecule has 0 aliphatic heterocycles. The molecule has 4 nitrogen and oxygen atoms in total. The first-order valence-electron chi connectivity index (χ1n) is 5.98. The minimum absolute atomic E-state index is 0.369. The van der Waals surface area contributed by atoms with E-state index >= 15 is 0 Å². The zero-order chi connectivity index (χ0) is 14.0. The molecule has 0 bridgehead atoms. The Kier molecular flexibility index (Phi) is 4.94. The summed E-state index contributed by atoms with van der Waals surface area (Å²) in [5.74, 6) is 0. The third-order valence-corrected chi connectivity index (χ3v) is 6.94. The van der Waals surface area contributed by atoms with Gasteiger partial charge >= 0.3 is 0 Å². The van der Waals surface area contributed by atoms with Gasteiger partial charge < -0.3 is 5.32 Å². The Morgan fingerprint density at radius 2 is 2.00 bits per heavy atom. The maximum absolute atomic E-state index is 12.5. The van der Waals surface area contributed by atoms with Crippen molar-refractivity contribution in [2.75, 3.05) is 14.1 Å². The molecule has 0 radical (unpaired) electrons. The van der Waals surface area contributed by atoms with Crippen molar-refractivity contribution in [3.8, 4) is 0 Å². The highest BCUT2D eigenvalue weighted by atomic mass is 32.2. The van der Waals surface area contributed by atoms with Crippen molar-refractivity contribution in [1.29, 1.82) is 0 Å². The topological polar surface area (TPSA) is 49.4 Å². The van der Waals surface area contributed by atoms with Gasteiger partial charge in [-0.3, -0.25) is 0 Å². The molecule has 1 N–H and O–H groups in total. The highest BCUT2D eigenvalue weighted by molar-refractivity contribution is 7.91. The van der Waals surface area contributed by atoms with E-state index < -0.39 is 10.0 Å². The zero-order valence-electron chi connectivity index (χ0n) is 11.6. The Labute approximate surface area is 114 Å². The second-order valence-corrected chi connectivity index (χ2v) is 8.25. The summed E-state index contributed by atoms with van der Waals surface area (Å²) in [7, 11) is 0.114. The molecule has 1 aromatic rings. The number of hydrogen-bond acceptors (Lipinski definition) is 4. The lowest BCUT2D eigenvalue weighted by Gasteiger charge is -2.33. The molecular formula is C12H22N2O2S2. The number of sulfonamides is 1. The van der Waals surface area contributed by atoms with Crippen LogP contribution in [0.4, 0.5) is 0 Å². The Bertz CT molecular complexity index is 492. The SMILES string of the molecule is CCC(C)(C)N(C)S(=O)(=O)c1ccc(CNC)s1. The Morgan fingerprint density at radius 3 is 2.50 bits per heavy atom. The standard InChI is InChI=1S/C12H22N2O2S2/c1-6-12(2,3)14(5)18(15,16)11-8-7-10(17-11)9-13-4/h7-8,13H,6,9H2,1-5H3. The van der Waals surface area contributed by atoms with E-state index in [-0.39, 0.29) is 5.54 Å². The van der Waals surface area contributed by atoms with Gasteiger partial charge in [-0.2, -0.15) is 4.31 Å². The minimum Gasteiger partial charge on any atom is -0.315 e. The second kappa shape index (κ2) is 5.69. The van der Waals surface area contributed by atoms with E-state index in [9.17, 15) is 8.42 Å². The second-order valence-electron chi connectivity index (χ2n) is 4.89. The largest absolute Gasteiger partial charge is 0.315 e. The van der Waals surface area contributed by atoms with Gasteiger partial charge in [0.25, 0.3) is 10.0 Å². The molecule has 0 saturated carbocycles. The molecule has 0 spiro atoms. The summed E-state index contributed by atoms with van der Waals surface area (Å²) < 4.78 is 26.8. The highest BCUT2D eigenvalue weighted by Gasteiger charge is 2.33. The van der Waals surface area contributed by atoms with Crippen LogP contribution in [0.1, 0.15) is 32.1 Å². The Morgan fingerprint density at radius 1 is 1.39 bits per heavy atom. The number of hydrogen-bond donors (Lipinski definition) is 1. The zero-order valence-corrected chi connectivity index (χ0v) is 13.3. The molecule has 0 amide bonds. The van der Waals surface area contributed by atoms with Crippen LogP contribution in [0.2, 0.25) is 0 Å². The lowest BCUT2D eigenvalue weighted by molar-refractivity contribution is 0.257. The first kappa shape index (κ1) is 15.6. The van der Waals surface area contributed by atoms with Crippen LogP contribution in [0.3, 0.4) is 0 Å². The lowest BCUT2D eigenvalue weighted by atomic mass is 10.0. The number of rotatable bonds is 6. The van der Waals surface area contributed by atoms with Crippen molar-refractivity contribution >= 4 is 21.4 Å². The van der Waals surface area contributed by atoms with Gasteiger partial charge in [-0.25, -0.2) is 8.42 Å². The normalized spacial score (nSPS) is 13.2. The lowest BCUT2D eigenvalue weighted by Crippen LogP contribution is -2.44. The molecule has 0 saturated heterocycles. The minimum atomic E-state index is -3.38. The van der Waals surface area contributed by atoms with Gasteiger partial charge in [-0.1, -0.05) is 6.92 Å². The molecule has 0 unspecified atom stereocenters. The van der Waals surface area contributed by atoms with Crippen molar-refractivity contribution in [3.63, 3.8) is 0 Å². The number of nitrogens with zero attached hydrogens (tertiary/aromatic N) is 1. The predicted octanol–water partition coefficient (Wildman–Crippen LogP) is 2.28. The molecule has 1 aromatic heterocycles. The van der Waals surface area contributed by atoms with Crippen LogP contribution in [0.5, 0.6) is 0 Å². The van der Waals surface area contributed by atoms with Crippen LogP contribution in [0.25, 0.3) is 0 Å². The fourth-order valence-corrected chi connectivity index (χ4v) is 4.56. The van der Waals surface area contributed by atoms with Crippen LogP contribution in [-0.2, 0) is 16.6 Å². The molecule has 0 aliphatic carbocycles. The molecule has 6 heteroatoms. The van der Waals surface area contributed by atoms with Crippen molar-refractivity contribution in [3.05, 3.63) is 17.0 Å². The van der Waals surface area contributed by atoms with Gasteiger partial charge in [-0.05, 0) is 39.4 Å². The van der Waals surface area contributed by atoms with Gasteiger partial charge in [-0.15, -0.1) is 11.3 Å². The Balaban J connectivity index is 3.05. The fourth-order valence-electron chi connectivity index (χ4n) is 1.45. The molecule has 104 valence electrons.